The third kappa shape index (κ3) is 4.04. The Morgan fingerprint density at radius 1 is 1.23 bits per heavy atom. The van der Waals surface area contributed by atoms with E-state index in [0.717, 1.165) is 0 Å². The number of nitrogens with zero attached hydrogens (tertiary/aromatic N) is 2. The highest BCUT2D eigenvalue weighted by molar-refractivity contribution is 6.07. The Morgan fingerprint density at radius 2 is 2.00 bits per heavy atom. The molecular formula is C12H10F3N5O2. The van der Waals surface area contributed by atoms with E-state index in [-0.39, 0.29) is 17.1 Å². The number of pyridine rings is 1. The van der Waals surface area contributed by atoms with Gasteiger partial charge >= 0.3 is 6.18 Å². The fourth-order valence-electron chi connectivity index (χ4n) is 1.51. The van der Waals surface area contributed by atoms with Gasteiger partial charge in [-0.05, 0) is 12.1 Å². The molecule has 3 N–H and O–H groups in total. The van der Waals surface area contributed by atoms with Crippen molar-refractivity contribution in [2.75, 3.05) is 11.9 Å². The Kier molecular flexibility index (Phi) is 4.39. The molecule has 116 valence electrons. The molecule has 0 radical (unpaired) electrons. The number of alkyl halides is 3. The molecule has 0 saturated heterocycles. The van der Waals surface area contributed by atoms with Crippen molar-refractivity contribution in [3.63, 3.8) is 0 Å². The summed E-state index contributed by atoms with van der Waals surface area (Å²) in [6, 6.07) is 4.65. The van der Waals surface area contributed by atoms with E-state index in [0.29, 0.717) is 0 Å². The van der Waals surface area contributed by atoms with Gasteiger partial charge in [-0.2, -0.15) is 18.3 Å². The minimum absolute atomic E-state index is 0.0460. The summed E-state index contributed by atoms with van der Waals surface area (Å²) in [5.41, 5.74) is -0.311. The molecule has 2 heterocycles. The first-order valence-electron chi connectivity index (χ1n) is 5.98. The highest BCUT2D eigenvalue weighted by Crippen LogP contribution is 2.15. The van der Waals surface area contributed by atoms with Gasteiger partial charge in [-0.25, -0.2) is 0 Å². The maximum Gasteiger partial charge on any atom is 0.405 e. The van der Waals surface area contributed by atoms with Gasteiger partial charge in [0.1, 0.15) is 12.2 Å². The predicted octanol–water partition coefficient (Wildman–Crippen LogP) is 1.35. The van der Waals surface area contributed by atoms with Crippen molar-refractivity contribution in [3.8, 4) is 0 Å². The van der Waals surface area contributed by atoms with Gasteiger partial charge in [0.15, 0.2) is 5.69 Å². The Bertz CT molecular complexity index is 669. The zero-order chi connectivity index (χ0) is 16.2. The third-order valence-electron chi connectivity index (χ3n) is 2.45. The maximum atomic E-state index is 12.1. The first kappa shape index (κ1) is 15.5. The summed E-state index contributed by atoms with van der Waals surface area (Å²) in [5.74, 6) is -1.68. The second-order valence-electron chi connectivity index (χ2n) is 4.11. The monoisotopic (exact) mass is 313 g/mol. The van der Waals surface area contributed by atoms with Gasteiger partial charge in [0, 0.05) is 12.4 Å². The average Bonchev–Trinajstić information content (AvgIpc) is 2.93. The number of carbonyl (C=O) groups is 2. The molecule has 0 bridgehead atoms. The lowest BCUT2D eigenvalue weighted by Crippen LogP contribution is -2.34. The molecule has 10 heteroatoms. The molecule has 2 aromatic heterocycles. The summed E-state index contributed by atoms with van der Waals surface area (Å²) in [4.78, 5) is 27.3. The molecule has 7 nitrogen and oxygen atoms in total. The number of hydrogen-bond acceptors (Lipinski definition) is 4. The third-order valence-corrected chi connectivity index (χ3v) is 2.45. The standard InChI is InChI=1S/C12H10F3N5O2/c13-12(14,15)6-17-11(22)9-8(5-18-20-9)19-10(21)7-3-1-2-4-16-7/h1-5H,6H2,(H,17,22)(H,18,20)(H,19,21). The van der Waals surface area contributed by atoms with Crippen LogP contribution in [0.3, 0.4) is 0 Å². The van der Waals surface area contributed by atoms with Crippen LogP contribution in [0.15, 0.2) is 30.6 Å². The van der Waals surface area contributed by atoms with E-state index in [4.69, 9.17) is 0 Å². The Morgan fingerprint density at radius 3 is 2.64 bits per heavy atom. The van der Waals surface area contributed by atoms with Gasteiger partial charge in [0.2, 0.25) is 0 Å². The van der Waals surface area contributed by atoms with Crippen molar-refractivity contribution in [2.24, 2.45) is 0 Å². The molecule has 0 unspecified atom stereocenters. The van der Waals surface area contributed by atoms with Gasteiger partial charge in [0.25, 0.3) is 11.8 Å². The zero-order valence-electron chi connectivity index (χ0n) is 10.9. The quantitative estimate of drug-likeness (QED) is 0.793. The van der Waals surface area contributed by atoms with Crippen LogP contribution in [0.1, 0.15) is 21.0 Å². The number of aromatic nitrogens is 3. The summed E-state index contributed by atoms with van der Waals surface area (Å²) in [6.07, 6.45) is -1.95. The number of nitrogens with one attached hydrogen (secondary N) is 3. The van der Waals surface area contributed by atoms with Gasteiger partial charge in [0.05, 0.1) is 5.69 Å². The van der Waals surface area contributed by atoms with Crippen molar-refractivity contribution in [3.05, 3.63) is 42.0 Å². The largest absolute Gasteiger partial charge is 0.405 e. The molecule has 0 saturated carbocycles. The van der Waals surface area contributed by atoms with E-state index < -0.39 is 24.5 Å². The number of hydrogen-bond donors (Lipinski definition) is 3. The van der Waals surface area contributed by atoms with Gasteiger partial charge in [-0.3, -0.25) is 19.7 Å². The van der Waals surface area contributed by atoms with E-state index in [1.54, 1.807) is 17.4 Å². The van der Waals surface area contributed by atoms with Crippen molar-refractivity contribution in [1.29, 1.82) is 0 Å². The van der Waals surface area contributed by atoms with E-state index >= 15 is 0 Å². The van der Waals surface area contributed by atoms with Crippen LogP contribution in [0.5, 0.6) is 0 Å². The molecule has 0 spiro atoms. The number of amides is 2. The molecule has 0 fully saturated rings. The second-order valence-corrected chi connectivity index (χ2v) is 4.11. The van der Waals surface area contributed by atoms with E-state index in [1.807, 2.05) is 0 Å². The summed E-state index contributed by atoms with van der Waals surface area (Å²) < 4.78 is 36.2. The Balaban J connectivity index is 2.06. The van der Waals surface area contributed by atoms with Crippen LogP contribution in [0.2, 0.25) is 0 Å². The molecule has 2 aromatic rings. The van der Waals surface area contributed by atoms with E-state index in [2.05, 4.69) is 20.5 Å². The summed E-state index contributed by atoms with van der Waals surface area (Å²) in [7, 11) is 0. The molecule has 0 aromatic carbocycles. The molecule has 0 aliphatic rings. The predicted molar refractivity (Wildman–Crippen MR) is 69.2 cm³/mol. The van der Waals surface area contributed by atoms with Crippen LogP contribution in [0.25, 0.3) is 0 Å². The second kappa shape index (κ2) is 6.24. The minimum Gasteiger partial charge on any atom is -0.341 e. The number of halogens is 3. The van der Waals surface area contributed by atoms with Crippen LogP contribution in [0.4, 0.5) is 18.9 Å². The maximum absolute atomic E-state index is 12.1. The smallest absolute Gasteiger partial charge is 0.341 e. The van der Waals surface area contributed by atoms with Crippen molar-refractivity contribution < 1.29 is 22.8 Å². The topological polar surface area (TPSA) is 99.8 Å². The number of H-pyrrole nitrogens is 1. The molecule has 22 heavy (non-hydrogen) atoms. The van der Waals surface area contributed by atoms with E-state index in [9.17, 15) is 22.8 Å². The number of anilines is 1. The van der Waals surface area contributed by atoms with Crippen LogP contribution in [-0.2, 0) is 0 Å². The molecular weight excluding hydrogens is 303 g/mol. The number of aromatic amines is 1. The number of carbonyl (C=O) groups excluding carboxylic acids is 2. The zero-order valence-corrected chi connectivity index (χ0v) is 10.9. The molecule has 2 amide bonds. The first-order valence-corrected chi connectivity index (χ1v) is 5.98. The van der Waals surface area contributed by atoms with E-state index in [1.165, 1.54) is 18.5 Å². The van der Waals surface area contributed by atoms with Crippen molar-refractivity contribution in [2.45, 2.75) is 6.18 Å². The molecule has 0 atom stereocenters. The SMILES string of the molecule is O=C(Nc1c[nH]nc1C(=O)NCC(F)(F)F)c1ccccn1. The number of rotatable bonds is 4. The van der Waals surface area contributed by atoms with Crippen LogP contribution >= 0.6 is 0 Å². The Labute approximate surface area is 121 Å². The fraction of sp³-hybridized carbons (Fsp3) is 0.167. The highest BCUT2D eigenvalue weighted by atomic mass is 19.4. The van der Waals surface area contributed by atoms with Gasteiger partial charge in [-0.15, -0.1) is 0 Å². The molecule has 0 aliphatic carbocycles. The fourth-order valence-corrected chi connectivity index (χ4v) is 1.51. The van der Waals surface area contributed by atoms with Crippen LogP contribution in [0, 0.1) is 0 Å². The first-order chi connectivity index (χ1) is 10.4. The molecule has 0 aliphatic heterocycles. The summed E-state index contributed by atoms with van der Waals surface area (Å²) in [5, 5.41) is 9.84. The van der Waals surface area contributed by atoms with Crippen LogP contribution in [-0.4, -0.2) is 39.7 Å². The molecule has 2 rings (SSSR count). The van der Waals surface area contributed by atoms with Gasteiger partial charge < -0.3 is 10.6 Å². The lowest BCUT2D eigenvalue weighted by Gasteiger charge is -2.08. The minimum atomic E-state index is -4.54. The van der Waals surface area contributed by atoms with Crippen molar-refractivity contribution >= 4 is 17.5 Å². The van der Waals surface area contributed by atoms with Gasteiger partial charge in [-0.1, -0.05) is 6.07 Å². The summed E-state index contributed by atoms with van der Waals surface area (Å²) >= 11 is 0. The van der Waals surface area contributed by atoms with Crippen molar-refractivity contribution in [1.82, 2.24) is 20.5 Å². The van der Waals surface area contributed by atoms with Crippen LogP contribution < -0.4 is 10.6 Å². The lowest BCUT2D eigenvalue weighted by atomic mass is 10.3. The Hall–Kier alpha value is -2.91. The highest BCUT2D eigenvalue weighted by Gasteiger charge is 2.29. The lowest BCUT2D eigenvalue weighted by molar-refractivity contribution is -0.123. The summed E-state index contributed by atoms with van der Waals surface area (Å²) in [6.45, 7) is -1.49. The average molecular weight is 313 g/mol. The normalized spacial score (nSPS) is 11.0.